The fraction of sp³-hybridized carbons (Fsp3) is 0.846. The second kappa shape index (κ2) is 8.12. The van der Waals surface area contributed by atoms with E-state index in [-0.39, 0.29) is 17.9 Å². The summed E-state index contributed by atoms with van der Waals surface area (Å²) in [5.74, 6) is 0.100. The molecule has 1 aliphatic rings. The van der Waals surface area contributed by atoms with E-state index >= 15 is 0 Å². The van der Waals surface area contributed by atoms with E-state index in [4.69, 9.17) is 0 Å². The van der Waals surface area contributed by atoms with E-state index in [1.54, 1.807) is 4.90 Å². The molecule has 19 heavy (non-hydrogen) atoms. The van der Waals surface area contributed by atoms with E-state index in [1.165, 1.54) is 0 Å². The van der Waals surface area contributed by atoms with Gasteiger partial charge in [0.05, 0.1) is 6.54 Å². The average molecular weight is 270 g/mol. The summed E-state index contributed by atoms with van der Waals surface area (Å²) in [4.78, 5) is 27.9. The van der Waals surface area contributed by atoms with Crippen LogP contribution in [0.5, 0.6) is 0 Å². The van der Waals surface area contributed by atoms with Crippen LogP contribution in [0.3, 0.4) is 0 Å². The number of piperazine rings is 1. The van der Waals surface area contributed by atoms with Gasteiger partial charge in [-0.15, -0.1) is 0 Å². The third-order valence-electron chi connectivity index (χ3n) is 3.46. The van der Waals surface area contributed by atoms with Crippen molar-refractivity contribution in [3.63, 3.8) is 0 Å². The summed E-state index contributed by atoms with van der Waals surface area (Å²) in [7, 11) is 0. The molecule has 0 spiro atoms. The molecule has 110 valence electrons. The molecule has 0 saturated carbocycles. The quantitative estimate of drug-likeness (QED) is 0.667. The Morgan fingerprint density at radius 1 is 1.32 bits per heavy atom. The van der Waals surface area contributed by atoms with Crippen LogP contribution in [-0.4, -0.2) is 73.5 Å². The molecular weight excluding hydrogens is 244 g/mol. The van der Waals surface area contributed by atoms with E-state index in [0.29, 0.717) is 32.7 Å². The summed E-state index contributed by atoms with van der Waals surface area (Å²) in [6.07, 6.45) is 0. The zero-order valence-corrected chi connectivity index (χ0v) is 12.2. The van der Waals surface area contributed by atoms with Crippen molar-refractivity contribution < 1.29 is 9.59 Å². The van der Waals surface area contributed by atoms with Crippen molar-refractivity contribution in [2.45, 2.75) is 26.8 Å². The van der Waals surface area contributed by atoms with Gasteiger partial charge in [-0.25, -0.2) is 0 Å². The Kier molecular flexibility index (Phi) is 6.80. The van der Waals surface area contributed by atoms with Crippen LogP contribution in [0.1, 0.15) is 20.8 Å². The lowest BCUT2D eigenvalue weighted by Crippen LogP contribution is -2.59. The van der Waals surface area contributed by atoms with Crippen LogP contribution >= 0.6 is 0 Å². The highest BCUT2D eigenvalue weighted by Gasteiger charge is 2.30. The molecule has 0 bridgehead atoms. The topological polar surface area (TPSA) is 64.7 Å². The summed E-state index contributed by atoms with van der Waals surface area (Å²) in [5, 5.41) is 6.04. The van der Waals surface area contributed by atoms with Crippen molar-refractivity contribution in [1.82, 2.24) is 20.4 Å². The number of carbonyl (C=O) groups is 2. The molecule has 0 aliphatic carbocycles. The lowest BCUT2D eigenvalue weighted by molar-refractivity contribution is -0.135. The van der Waals surface area contributed by atoms with Gasteiger partial charge in [-0.2, -0.15) is 0 Å². The normalized spacial score (nSPS) is 20.1. The SMILES string of the molecule is CCNC(=O)C1CNCCN1CC(=O)N(CC)CC. The molecular formula is C13H26N4O2. The molecule has 0 aromatic heterocycles. The number of likely N-dealkylation sites (N-methyl/N-ethyl adjacent to an activating group) is 2. The lowest BCUT2D eigenvalue weighted by atomic mass is 10.1. The third-order valence-corrected chi connectivity index (χ3v) is 3.46. The Hall–Kier alpha value is -1.14. The second-order valence-corrected chi connectivity index (χ2v) is 4.65. The first-order valence-corrected chi connectivity index (χ1v) is 7.14. The first kappa shape index (κ1) is 15.9. The van der Waals surface area contributed by atoms with Gasteiger partial charge in [-0.3, -0.25) is 14.5 Å². The molecule has 0 radical (unpaired) electrons. The largest absolute Gasteiger partial charge is 0.355 e. The van der Waals surface area contributed by atoms with Crippen LogP contribution in [0, 0.1) is 0 Å². The zero-order valence-electron chi connectivity index (χ0n) is 12.2. The molecule has 1 heterocycles. The molecule has 1 unspecified atom stereocenters. The van der Waals surface area contributed by atoms with Crippen LogP contribution in [0.2, 0.25) is 0 Å². The maximum atomic E-state index is 12.1. The summed E-state index contributed by atoms with van der Waals surface area (Å²) in [5.41, 5.74) is 0. The van der Waals surface area contributed by atoms with Gasteiger partial charge in [0.25, 0.3) is 0 Å². The van der Waals surface area contributed by atoms with Gasteiger partial charge in [0, 0.05) is 39.3 Å². The molecule has 2 amide bonds. The molecule has 0 aromatic rings. The Bertz CT molecular complexity index is 305. The Balaban J connectivity index is 2.61. The predicted octanol–water partition coefficient (Wildman–Crippen LogP) is -0.735. The third kappa shape index (κ3) is 4.47. The van der Waals surface area contributed by atoms with Crippen molar-refractivity contribution in [3.05, 3.63) is 0 Å². The van der Waals surface area contributed by atoms with Gasteiger partial charge in [-0.1, -0.05) is 0 Å². The standard InChI is InChI=1S/C13H26N4O2/c1-4-15-13(19)11-9-14-7-8-17(11)10-12(18)16(5-2)6-3/h11,14H,4-10H2,1-3H3,(H,15,19). The summed E-state index contributed by atoms with van der Waals surface area (Å²) in [6.45, 7) is 10.4. The van der Waals surface area contributed by atoms with E-state index in [1.807, 2.05) is 25.7 Å². The van der Waals surface area contributed by atoms with E-state index in [9.17, 15) is 9.59 Å². The van der Waals surface area contributed by atoms with Crippen molar-refractivity contribution in [2.24, 2.45) is 0 Å². The van der Waals surface area contributed by atoms with Gasteiger partial charge in [0.2, 0.25) is 11.8 Å². The molecule has 0 aromatic carbocycles. The monoisotopic (exact) mass is 270 g/mol. The van der Waals surface area contributed by atoms with E-state index in [0.717, 1.165) is 13.1 Å². The molecule has 1 atom stereocenters. The van der Waals surface area contributed by atoms with Gasteiger partial charge in [0.1, 0.15) is 6.04 Å². The molecule has 2 N–H and O–H groups in total. The van der Waals surface area contributed by atoms with E-state index in [2.05, 4.69) is 10.6 Å². The van der Waals surface area contributed by atoms with Crippen molar-refractivity contribution in [1.29, 1.82) is 0 Å². The van der Waals surface area contributed by atoms with Gasteiger partial charge in [0.15, 0.2) is 0 Å². The fourth-order valence-electron chi connectivity index (χ4n) is 2.34. The minimum atomic E-state index is -0.242. The van der Waals surface area contributed by atoms with Crippen LogP contribution in [0.25, 0.3) is 0 Å². The van der Waals surface area contributed by atoms with Crippen molar-refractivity contribution >= 4 is 11.8 Å². The minimum Gasteiger partial charge on any atom is -0.355 e. The van der Waals surface area contributed by atoms with Gasteiger partial charge < -0.3 is 15.5 Å². The number of amides is 2. The molecule has 6 nitrogen and oxygen atoms in total. The van der Waals surface area contributed by atoms with Gasteiger partial charge in [-0.05, 0) is 20.8 Å². The van der Waals surface area contributed by atoms with Crippen LogP contribution in [0.4, 0.5) is 0 Å². The van der Waals surface area contributed by atoms with E-state index < -0.39 is 0 Å². The maximum Gasteiger partial charge on any atom is 0.238 e. The van der Waals surface area contributed by atoms with Gasteiger partial charge >= 0.3 is 0 Å². The molecule has 1 rings (SSSR count). The number of carbonyl (C=O) groups excluding carboxylic acids is 2. The molecule has 6 heteroatoms. The lowest BCUT2D eigenvalue weighted by Gasteiger charge is -2.35. The van der Waals surface area contributed by atoms with Crippen molar-refractivity contribution in [2.75, 3.05) is 45.8 Å². The highest BCUT2D eigenvalue weighted by molar-refractivity contribution is 5.84. The summed E-state index contributed by atoms with van der Waals surface area (Å²) < 4.78 is 0. The first-order chi connectivity index (χ1) is 9.13. The summed E-state index contributed by atoms with van der Waals surface area (Å²) in [6, 6.07) is -0.242. The molecule has 1 aliphatic heterocycles. The minimum absolute atomic E-state index is 0.00190. The smallest absolute Gasteiger partial charge is 0.238 e. The average Bonchev–Trinajstić information content (AvgIpc) is 2.41. The highest BCUT2D eigenvalue weighted by atomic mass is 16.2. The zero-order chi connectivity index (χ0) is 14.3. The van der Waals surface area contributed by atoms with Crippen LogP contribution in [0.15, 0.2) is 0 Å². The number of hydrogen-bond acceptors (Lipinski definition) is 4. The summed E-state index contributed by atoms with van der Waals surface area (Å²) >= 11 is 0. The maximum absolute atomic E-state index is 12.1. The predicted molar refractivity (Wildman–Crippen MR) is 74.8 cm³/mol. The Labute approximate surface area is 115 Å². The van der Waals surface area contributed by atoms with Crippen molar-refractivity contribution in [3.8, 4) is 0 Å². The van der Waals surface area contributed by atoms with Crippen LogP contribution < -0.4 is 10.6 Å². The Morgan fingerprint density at radius 3 is 2.58 bits per heavy atom. The second-order valence-electron chi connectivity index (χ2n) is 4.65. The first-order valence-electron chi connectivity index (χ1n) is 7.14. The number of rotatable bonds is 6. The Morgan fingerprint density at radius 2 is 2.00 bits per heavy atom. The molecule has 1 saturated heterocycles. The number of hydrogen-bond donors (Lipinski definition) is 2. The number of nitrogens with zero attached hydrogens (tertiary/aromatic N) is 2. The molecule has 1 fully saturated rings. The highest BCUT2D eigenvalue weighted by Crippen LogP contribution is 2.05. The fourth-order valence-corrected chi connectivity index (χ4v) is 2.34. The van der Waals surface area contributed by atoms with Crippen LogP contribution in [-0.2, 0) is 9.59 Å². The number of nitrogens with one attached hydrogen (secondary N) is 2.